The summed E-state index contributed by atoms with van der Waals surface area (Å²) in [6.45, 7) is 6.58. The summed E-state index contributed by atoms with van der Waals surface area (Å²) in [5.74, 6) is 1.62. The van der Waals surface area contributed by atoms with Gasteiger partial charge < -0.3 is 5.32 Å². The highest BCUT2D eigenvalue weighted by Gasteiger charge is 2.42. The smallest absolute Gasteiger partial charge is 0.160 e. The number of halogens is 1. The lowest BCUT2D eigenvalue weighted by atomic mass is 9.75. The third-order valence-electron chi connectivity index (χ3n) is 4.11. The van der Waals surface area contributed by atoms with Crippen molar-refractivity contribution in [3.63, 3.8) is 0 Å². The van der Waals surface area contributed by atoms with E-state index < -0.39 is 0 Å². The monoisotopic (exact) mass is 308 g/mol. The van der Waals surface area contributed by atoms with Crippen LogP contribution < -0.4 is 5.32 Å². The Morgan fingerprint density at radius 3 is 2.89 bits per heavy atom. The van der Waals surface area contributed by atoms with Gasteiger partial charge in [0.2, 0.25) is 0 Å². The molecule has 1 aliphatic rings. The van der Waals surface area contributed by atoms with Crippen molar-refractivity contribution >= 4 is 21.6 Å². The van der Waals surface area contributed by atoms with E-state index in [0.717, 1.165) is 35.5 Å². The molecular weight excluding hydrogens is 292 g/mol. The van der Waals surface area contributed by atoms with Gasteiger partial charge in [-0.15, -0.1) is 10.2 Å². The molecule has 1 N–H and O–H groups in total. The highest BCUT2D eigenvalue weighted by Crippen LogP contribution is 2.37. The summed E-state index contributed by atoms with van der Waals surface area (Å²) in [6.07, 6.45) is 3.19. The summed E-state index contributed by atoms with van der Waals surface area (Å²) >= 11 is 3.52. The number of pyridine rings is 1. The molecule has 0 radical (unpaired) electrons. The lowest BCUT2D eigenvalue weighted by molar-refractivity contribution is 0.315. The van der Waals surface area contributed by atoms with Gasteiger partial charge in [-0.05, 0) is 46.9 Å². The first-order valence-electron chi connectivity index (χ1n) is 6.35. The molecule has 0 saturated carbocycles. The van der Waals surface area contributed by atoms with Crippen LogP contribution in [0.5, 0.6) is 0 Å². The van der Waals surface area contributed by atoms with E-state index in [1.54, 1.807) is 0 Å². The zero-order valence-electron chi connectivity index (χ0n) is 10.7. The van der Waals surface area contributed by atoms with Crippen molar-refractivity contribution in [2.45, 2.75) is 25.7 Å². The van der Waals surface area contributed by atoms with Gasteiger partial charge in [-0.2, -0.15) is 0 Å². The van der Waals surface area contributed by atoms with Gasteiger partial charge in [-0.1, -0.05) is 13.8 Å². The average Bonchev–Trinajstić information content (AvgIpc) is 2.94. The van der Waals surface area contributed by atoms with Crippen LogP contribution in [0, 0.1) is 5.92 Å². The van der Waals surface area contributed by atoms with Gasteiger partial charge in [0.15, 0.2) is 5.65 Å². The van der Waals surface area contributed by atoms with Gasteiger partial charge >= 0.3 is 0 Å². The minimum absolute atomic E-state index is 0.0974. The number of fused-ring (bicyclic) bond motifs is 1. The lowest BCUT2D eigenvalue weighted by Crippen LogP contribution is -2.36. The maximum atomic E-state index is 4.46. The van der Waals surface area contributed by atoms with Gasteiger partial charge in [0.1, 0.15) is 5.82 Å². The van der Waals surface area contributed by atoms with Crippen LogP contribution in [0.15, 0.2) is 22.8 Å². The van der Waals surface area contributed by atoms with Crippen molar-refractivity contribution < 1.29 is 0 Å². The fraction of sp³-hybridized carbons (Fsp3) is 0.538. The molecule has 3 heterocycles. The Morgan fingerprint density at radius 2 is 2.22 bits per heavy atom. The number of nitrogens with one attached hydrogen (secondary N) is 1. The largest absolute Gasteiger partial charge is 0.316 e. The minimum atomic E-state index is 0.0974. The predicted molar refractivity (Wildman–Crippen MR) is 74.7 cm³/mol. The van der Waals surface area contributed by atoms with Crippen LogP contribution in [0.3, 0.4) is 0 Å². The van der Waals surface area contributed by atoms with Crippen LogP contribution in [0.25, 0.3) is 5.65 Å². The van der Waals surface area contributed by atoms with E-state index in [-0.39, 0.29) is 5.41 Å². The van der Waals surface area contributed by atoms with Crippen molar-refractivity contribution in [1.29, 1.82) is 0 Å². The number of nitrogens with zero attached hydrogens (tertiary/aromatic N) is 3. The second-order valence-corrected chi connectivity index (χ2v) is 6.25. The molecule has 2 aromatic heterocycles. The van der Waals surface area contributed by atoms with E-state index in [1.807, 2.05) is 12.1 Å². The zero-order valence-corrected chi connectivity index (χ0v) is 12.2. The Bertz CT molecular complexity index is 569. The predicted octanol–water partition coefficient (Wildman–Crippen LogP) is 2.38. The normalized spacial score (nSPS) is 24.2. The van der Waals surface area contributed by atoms with Crippen LogP contribution in [0.4, 0.5) is 0 Å². The maximum Gasteiger partial charge on any atom is 0.160 e. The Hall–Kier alpha value is -0.940. The molecular formula is C13H17BrN4. The highest BCUT2D eigenvalue weighted by atomic mass is 79.9. The van der Waals surface area contributed by atoms with E-state index in [2.05, 4.69) is 55.9 Å². The summed E-state index contributed by atoms with van der Waals surface area (Å²) in [6, 6.07) is 4.00. The molecule has 18 heavy (non-hydrogen) atoms. The summed E-state index contributed by atoms with van der Waals surface area (Å²) in [7, 11) is 0. The third-order valence-corrected chi connectivity index (χ3v) is 4.57. The molecule has 1 saturated heterocycles. The molecule has 0 amide bonds. The first-order valence-corrected chi connectivity index (χ1v) is 7.14. The lowest BCUT2D eigenvalue weighted by Gasteiger charge is -2.30. The Balaban J connectivity index is 2.21. The first-order chi connectivity index (χ1) is 8.63. The van der Waals surface area contributed by atoms with Crippen LogP contribution in [0.1, 0.15) is 26.1 Å². The third kappa shape index (κ3) is 1.68. The van der Waals surface area contributed by atoms with Crippen molar-refractivity contribution in [3.05, 3.63) is 28.6 Å². The molecule has 0 spiro atoms. The maximum absolute atomic E-state index is 4.46. The summed E-state index contributed by atoms with van der Waals surface area (Å²) in [5.41, 5.74) is 1.01. The second kappa shape index (κ2) is 4.31. The van der Waals surface area contributed by atoms with E-state index in [0.29, 0.717) is 5.92 Å². The van der Waals surface area contributed by atoms with E-state index in [1.165, 1.54) is 0 Å². The van der Waals surface area contributed by atoms with E-state index in [4.69, 9.17) is 0 Å². The fourth-order valence-corrected chi connectivity index (χ4v) is 3.19. The van der Waals surface area contributed by atoms with Crippen molar-refractivity contribution in [1.82, 2.24) is 19.9 Å². The number of aromatic nitrogens is 3. The summed E-state index contributed by atoms with van der Waals surface area (Å²) < 4.78 is 3.18. The fourth-order valence-electron chi connectivity index (χ4n) is 2.86. The molecule has 0 bridgehead atoms. The quantitative estimate of drug-likeness (QED) is 0.926. The molecule has 1 fully saturated rings. The molecule has 4 nitrogen and oxygen atoms in total. The molecule has 1 unspecified atom stereocenters. The summed E-state index contributed by atoms with van der Waals surface area (Å²) in [5, 5.41) is 12.2. The van der Waals surface area contributed by atoms with Crippen LogP contribution in [0.2, 0.25) is 0 Å². The minimum Gasteiger partial charge on any atom is -0.316 e. The second-order valence-electron chi connectivity index (χ2n) is 5.34. The zero-order chi connectivity index (χ0) is 12.8. The average molecular weight is 309 g/mol. The van der Waals surface area contributed by atoms with Gasteiger partial charge in [-0.25, -0.2) is 0 Å². The SMILES string of the molecule is CC(C)C1(c2nnc3ccc(Br)cn23)CCNC1. The van der Waals surface area contributed by atoms with Gasteiger partial charge in [-0.3, -0.25) is 4.40 Å². The molecule has 2 aromatic rings. The molecule has 3 rings (SSSR count). The standard InChI is InChI=1S/C13H17BrN4/c1-9(2)13(5-6-15-8-13)12-17-16-11-4-3-10(14)7-18(11)12/h3-4,7,9,15H,5-6,8H2,1-2H3. The van der Waals surface area contributed by atoms with Gasteiger partial charge in [0.05, 0.1) is 0 Å². The molecule has 96 valence electrons. The number of hydrogen-bond donors (Lipinski definition) is 1. The first kappa shape index (κ1) is 12.1. The summed E-state index contributed by atoms with van der Waals surface area (Å²) in [4.78, 5) is 0. The van der Waals surface area contributed by atoms with Crippen LogP contribution in [-0.4, -0.2) is 27.7 Å². The Morgan fingerprint density at radius 1 is 1.39 bits per heavy atom. The van der Waals surface area contributed by atoms with Crippen molar-refractivity contribution in [3.8, 4) is 0 Å². The molecule has 1 atom stereocenters. The van der Waals surface area contributed by atoms with Gasteiger partial charge in [0.25, 0.3) is 0 Å². The topological polar surface area (TPSA) is 42.2 Å². The number of rotatable bonds is 2. The van der Waals surface area contributed by atoms with E-state index in [9.17, 15) is 0 Å². The van der Waals surface area contributed by atoms with Gasteiger partial charge in [0, 0.05) is 22.6 Å². The molecule has 0 aliphatic carbocycles. The highest BCUT2D eigenvalue weighted by molar-refractivity contribution is 9.10. The Labute approximate surface area is 115 Å². The van der Waals surface area contributed by atoms with Crippen molar-refractivity contribution in [2.24, 2.45) is 5.92 Å². The molecule has 0 aromatic carbocycles. The number of hydrogen-bond acceptors (Lipinski definition) is 3. The van der Waals surface area contributed by atoms with Crippen molar-refractivity contribution in [2.75, 3.05) is 13.1 Å². The molecule has 5 heteroatoms. The van der Waals surface area contributed by atoms with E-state index >= 15 is 0 Å². The van der Waals surface area contributed by atoms with Crippen LogP contribution in [-0.2, 0) is 5.41 Å². The van der Waals surface area contributed by atoms with Crippen LogP contribution >= 0.6 is 15.9 Å². The Kier molecular flexibility index (Phi) is 2.90. The molecule has 1 aliphatic heterocycles.